The van der Waals surface area contributed by atoms with Gasteiger partial charge in [-0.05, 0) is 37.0 Å². The Morgan fingerprint density at radius 3 is 2.71 bits per heavy atom. The number of nitriles is 1. The van der Waals surface area contributed by atoms with Crippen molar-refractivity contribution in [2.45, 2.75) is 31.8 Å². The molecule has 2 atom stereocenters. The topological polar surface area (TPSA) is 81.8 Å². The number of hydrogen-bond donors (Lipinski definition) is 2. The maximum Gasteiger partial charge on any atom is 0.182 e. The molecule has 3 rings (SSSR count). The van der Waals surface area contributed by atoms with Crippen LogP contribution in [0.3, 0.4) is 0 Å². The van der Waals surface area contributed by atoms with Crippen LogP contribution in [0.2, 0.25) is 0 Å². The van der Waals surface area contributed by atoms with Gasteiger partial charge in [-0.2, -0.15) is 5.26 Å². The molecule has 1 heterocycles. The molecule has 0 spiro atoms. The Morgan fingerprint density at radius 2 is 2.04 bits per heavy atom. The molecule has 5 nitrogen and oxygen atoms in total. The molecule has 1 aromatic carbocycles. The zero-order valence-electron chi connectivity index (χ0n) is 13.2. The van der Waals surface area contributed by atoms with Crippen molar-refractivity contribution in [3.05, 3.63) is 53.7 Å². The van der Waals surface area contributed by atoms with Gasteiger partial charge in [0.05, 0.1) is 6.10 Å². The standard InChI is InChI=1S/C18H19FN4O/c19-14-5-3-13(4-6-14)10-18(7-1-2-16(18)24)12-23-17-15(11-20)21-8-9-22-17/h3-6,8-9,16,24H,1-2,7,10,12H2,(H,22,23)/t16-,18+/m0/s1. The zero-order chi connectivity index (χ0) is 17.0. The van der Waals surface area contributed by atoms with Gasteiger partial charge in [0.2, 0.25) is 0 Å². The van der Waals surface area contributed by atoms with E-state index in [9.17, 15) is 9.50 Å². The molecule has 1 saturated carbocycles. The molecule has 0 unspecified atom stereocenters. The highest BCUT2D eigenvalue weighted by Crippen LogP contribution is 2.41. The lowest BCUT2D eigenvalue weighted by molar-refractivity contribution is 0.0618. The minimum atomic E-state index is -0.447. The Morgan fingerprint density at radius 1 is 1.29 bits per heavy atom. The first-order valence-electron chi connectivity index (χ1n) is 8.00. The molecule has 1 aliphatic carbocycles. The minimum Gasteiger partial charge on any atom is -0.392 e. The molecule has 1 fully saturated rings. The second-order valence-electron chi connectivity index (χ2n) is 6.29. The summed E-state index contributed by atoms with van der Waals surface area (Å²) in [6.45, 7) is 0.485. The van der Waals surface area contributed by atoms with E-state index in [1.807, 2.05) is 6.07 Å². The predicted molar refractivity (Wildman–Crippen MR) is 87.6 cm³/mol. The number of rotatable bonds is 5. The normalized spacial score (nSPS) is 23.0. The summed E-state index contributed by atoms with van der Waals surface area (Å²) in [7, 11) is 0. The van der Waals surface area contributed by atoms with E-state index in [-0.39, 0.29) is 16.9 Å². The third-order valence-corrected chi connectivity index (χ3v) is 4.74. The molecule has 24 heavy (non-hydrogen) atoms. The Hall–Kier alpha value is -2.52. The Balaban J connectivity index is 1.79. The molecule has 124 valence electrons. The number of halogens is 1. The summed E-state index contributed by atoms with van der Waals surface area (Å²) in [5, 5.41) is 22.8. The van der Waals surface area contributed by atoms with Gasteiger partial charge in [0.25, 0.3) is 0 Å². The molecular weight excluding hydrogens is 307 g/mol. The lowest BCUT2D eigenvalue weighted by Crippen LogP contribution is -2.39. The highest BCUT2D eigenvalue weighted by Gasteiger charge is 2.42. The van der Waals surface area contributed by atoms with E-state index in [1.54, 1.807) is 12.1 Å². The number of nitrogens with zero attached hydrogens (tertiary/aromatic N) is 3. The van der Waals surface area contributed by atoms with Crippen molar-refractivity contribution in [1.29, 1.82) is 5.26 Å². The predicted octanol–water partition coefficient (Wildman–Crippen LogP) is 2.67. The highest BCUT2D eigenvalue weighted by atomic mass is 19.1. The largest absolute Gasteiger partial charge is 0.392 e. The van der Waals surface area contributed by atoms with E-state index in [0.717, 1.165) is 24.8 Å². The summed E-state index contributed by atoms with van der Waals surface area (Å²) < 4.78 is 13.1. The first kappa shape index (κ1) is 16.3. The first-order valence-corrected chi connectivity index (χ1v) is 8.00. The van der Waals surface area contributed by atoms with Gasteiger partial charge in [-0.25, -0.2) is 14.4 Å². The SMILES string of the molecule is N#Cc1nccnc1NC[C@]1(Cc2ccc(F)cc2)CCC[C@@H]1O. The highest BCUT2D eigenvalue weighted by molar-refractivity contribution is 5.47. The number of hydrogen-bond acceptors (Lipinski definition) is 5. The Kier molecular flexibility index (Phi) is 4.72. The third-order valence-electron chi connectivity index (χ3n) is 4.74. The van der Waals surface area contributed by atoms with Gasteiger partial charge in [-0.15, -0.1) is 0 Å². The Labute approximate surface area is 140 Å². The van der Waals surface area contributed by atoms with E-state index in [0.29, 0.717) is 18.8 Å². The van der Waals surface area contributed by atoms with Gasteiger partial charge in [-0.1, -0.05) is 18.6 Å². The van der Waals surface area contributed by atoms with Gasteiger partial charge in [-0.3, -0.25) is 0 Å². The van der Waals surface area contributed by atoms with Crippen molar-refractivity contribution < 1.29 is 9.50 Å². The first-order chi connectivity index (χ1) is 11.6. The van der Waals surface area contributed by atoms with Crippen LogP contribution in [0.1, 0.15) is 30.5 Å². The maximum atomic E-state index is 13.1. The van der Waals surface area contributed by atoms with Crippen LogP contribution in [0.15, 0.2) is 36.7 Å². The number of nitrogens with one attached hydrogen (secondary N) is 1. The van der Waals surface area contributed by atoms with Crippen molar-refractivity contribution in [3.63, 3.8) is 0 Å². The molecule has 1 aliphatic rings. The van der Waals surface area contributed by atoms with E-state index < -0.39 is 6.10 Å². The fourth-order valence-corrected chi connectivity index (χ4v) is 3.41. The van der Waals surface area contributed by atoms with Crippen LogP contribution < -0.4 is 5.32 Å². The number of aromatic nitrogens is 2. The fraction of sp³-hybridized carbons (Fsp3) is 0.389. The molecule has 2 aromatic rings. The van der Waals surface area contributed by atoms with E-state index in [1.165, 1.54) is 24.5 Å². The van der Waals surface area contributed by atoms with Crippen LogP contribution in [0.5, 0.6) is 0 Å². The van der Waals surface area contributed by atoms with Gasteiger partial charge < -0.3 is 10.4 Å². The van der Waals surface area contributed by atoms with Crippen molar-refractivity contribution in [2.24, 2.45) is 5.41 Å². The molecule has 0 bridgehead atoms. The zero-order valence-corrected chi connectivity index (χ0v) is 13.2. The minimum absolute atomic E-state index is 0.238. The second kappa shape index (κ2) is 6.93. The summed E-state index contributed by atoms with van der Waals surface area (Å²) >= 11 is 0. The van der Waals surface area contributed by atoms with Crippen molar-refractivity contribution in [3.8, 4) is 6.07 Å². The van der Waals surface area contributed by atoms with Gasteiger partial charge >= 0.3 is 0 Å². The van der Waals surface area contributed by atoms with Crippen LogP contribution in [0.25, 0.3) is 0 Å². The maximum absolute atomic E-state index is 13.1. The lowest BCUT2D eigenvalue weighted by Gasteiger charge is -2.33. The van der Waals surface area contributed by atoms with Crippen LogP contribution in [0, 0.1) is 22.6 Å². The number of benzene rings is 1. The van der Waals surface area contributed by atoms with Gasteiger partial charge in [0, 0.05) is 24.4 Å². The van der Waals surface area contributed by atoms with Crippen LogP contribution in [0.4, 0.5) is 10.2 Å². The second-order valence-corrected chi connectivity index (χ2v) is 6.29. The van der Waals surface area contributed by atoms with E-state index in [2.05, 4.69) is 15.3 Å². The quantitative estimate of drug-likeness (QED) is 0.883. The number of aliphatic hydroxyl groups excluding tert-OH is 1. The summed E-state index contributed by atoms with van der Waals surface area (Å²) in [5.41, 5.74) is 0.864. The third kappa shape index (κ3) is 3.36. The van der Waals surface area contributed by atoms with Crippen LogP contribution >= 0.6 is 0 Å². The van der Waals surface area contributed by atoms with E-state index >= 15 is 0 Å². The molecule has 0 radical (unpaired) electrons. The summed E-state index contributed by atoms with van der Waals surface area (Å²) in [6.07, 6.45) is 5.75. The van der Waals surface area contributed by atoms with Crippen LogP contribution in [-0.4, -0.2) is 27.7 Å². The fourth-order valence-electron chi connectivity index (χ4n) is 3.41. The van der Waals surface area contributed by atoms with Crippen molar-refractivity contribution in [2.75, 3.05) is 11.9 Å². The molecule has 2 N–H and O–H groups in total. The van der Waals surface area contributed by atoms with Gasteiger partial charge in [0.1, 0.15) is 11.9 Å². The summed E-state index contributed by atoms with van der Waals surface area (Å²) in [6, 6.07) is 8.40. The molecule has 0 amide bonds. The number of aliphatic hydroxyl groups is 1. The number of anilines is 1. The average molecular weight is 326 g/mol. The van der Waals surface area contributed by atoms with Gasteiger partial charge in [0.15, 0.2) is 11.5 Å². The van der Waals surface area contributed by atoms with Crippen molar-refractivity contribution >= 4 is 5.82 Å². The van der Waals surface area contributed by atoms with Crippen molar-refractivity contribution in [1.82, 2.24) is 9.97 Å². The molecule has 1 aromatic heterocycles. The molecule has 0 saturated heterocycles. The Bertz CT molecular complexity index is 743. The molecular formula is C18H19FN4O. The average Bonchev–Trinajstić information content (AvgIpc) is 2.96. The summed E-state index contributed by atoms with van der Waals surface area (Å²) in [5.74, 6) is 0.161. The lowest BCUT2D eigenvalue weighted by atomic mass is 9.78. The van der Waals surface area contributed by atoms with Crippen LogP contribution in [-0.2, 0) is 6.42 Å². The molecule has 0 aliphatic heterocycles. The smallest absolute Gasteiger partial charge is 0.182 e. The monoisotopic (exact) mass is 326 g/mol. The summed E-state index contributed by atoms with van der Waals surface area (Å²) in [4.78, 5) is 8.15. The molecule has 6 heteroatoms. The van der Waals surface area contributed by atoms with E-state index in [4.69, 9.17) is 5.26 Å².